The lowest BCUT2D eigenvalue weighted by atomic mass is 9.82. The van der Waals surface area contributed by atoms with Crippen LogP contribution in [-0.4, -0.2) is 0 Å². The SMILES string of the molecule is CC1(C)c2ccccc2-c2ccc(N(c3ccccc3)c3ccc(-c4ccc(N(c5ccccc5)c5ccc6ccccc6c5)cc4)c4ccccc34)cc21. The van der Waals surface area contributed by atoms with Crippen LogP contribution in [0.5, 0.6) is 0 Å². The summed E-state index contributed by atoms with van der Waals surface area (Å²) in [6.45, 7) is 4.70. The van der Waals surface area contributed by atoms with Crippen molar-refractivity contribution in [3.63, 3.8) is 0 Å². The van der Waals surface area contributed by atoms with E-state index in [4.69, 9.17) is 0 Å². The summed E-state index contributed by atoms with van der Waals surface area (Å²) in [7, 11) is 0. The summed E-state index contributed by atoms with van der Waals surface area (Å²) in [5.41, 5.74) is 14.5. The number of hydrogen-bond donors (Lipinski definition) is 0. The standard InChI is InChI=1S/C53H40N2/c1-53(2)50-24-14-13-22-47(50)48-32-31-44(36-51(48)53)55(41-19-7-4-8-20-41)52-34-33-45(46-21-11-12-23-49(46)52)38-26-28-42(29-27-38)54(40-17-5-3-6-18-40)43-30-25-37-15-9-10-16-39(37)35-43/h3-36H,1-2H3. The van der Waals surface area contributed by atoms with E-state index in [0.717, 1.165) is 34.1 Å². The summed E-state index contributed by atoms with van der Waals surface area (Å²) >= 11 is 0. The molecule has 1 aliphatic rings. The van der Waals surface area contributed by atoms with Gasteiger partial charge in [-0.3, -0.25) is 0 Å². The van der Waals surface area contributed by atoms with Crippen LogP contribution in [0.25, 0.3) is 43.8 Å². The van der Waals surface area contributed by atoms with Crippen molar-refractivity contribution in [3.8, 4) is 22.3 Å². The quantitative estimate of drug-likeness (QED) is 0.163. The second kappa shape index (κ2) is 13.2. The average molecular weight is 705 g/mol. The van der Waals surface area contributed by atoms with Gasteiger partial charge >= 0.3 is 0 Å². The minimum atomic E-state index is -0.0905. The van der Waals surface area contributed by atoms with Crippen molar-refractivity contribution >= 4 is 55.7 Å². The molecule has 0 spiro atoms. The van der Waals surface area contributed by atoms with Gasteiger partial charge in [0.2, 0.25) is 0 Å². The molecule has 0 radical (unpaired) electrons. The summed E-state index contributed by atoms with van der Waals surface area (Å²) in [5, 5.41) is 4.89. The van der Waals surface area contributed by atoms with Crippen LogP contribution < -0.4 is 9.80 Å². The number of para-hydroxylation sites is 2. The van der Waals surface area contributed by atoms with Gasteiger partial charge in [0, 0.05) is 39.2 Å². The zero-order chi connectivity index (χ0) is 36.9. The fraction of sp³-hybridized carbons (Fsp3) is 0.0566. The molecule has 9 aromatic carbocycles. The first-order chi connectivity index (χ1) is 27.0. The minimum Gasteiger partial charge on any atom is -0.310 e. The Hall–Kier alpha value is -6.90. The normalized spacial score (nSPS) is 12.7. The second-order valence-electron chi connectivity index (χ2n) is 15.0. The van der Waals surface area contributed by atoms with Gasteiger partial charge in [0.1, 0.15) is 0 Å². The maximum atomic E-state index is 2.43. The first-order valence-corrected chi connectivity index (χ1v) is 19.1. The highest BCUT2D eigenvalue weighted by Crippen LogP contribution is 2.51. The summed E-state index contributed by atoms with van der Waals surface area (Å²) in [6.07, 6.45) is 0. The molecular weight excluding hydrogens is 665 g/mol. The Labute approximate surface area is 323 Å². The van der Waals surface area contributed by atoms with E-state index < -0.39 is 0 Å². The van der Waals surface area contributed by atoms with E-state index in [-0.39, 0.29) is 5.41 Å². The molecule has 0 amide bonds. The fourth-order valence-corrected chi connectivity index (χ4v) is 8.70. The van der Waals surface area contributed by atoms with Gasteiger partial charge in [0.15, 0.2) is 0 Å². The topological polar surface area (TPSA) is 6.48 Å². The smallest absolute Gasteiger partial charge is 0.0540 e. The van der Waals surface area contributed by atoms with Gasteiger partial charge in [-0.25, -0.2) is 0 Å². The number of nitrogens with zero attached hydrogens (tertiary/aromatic N) is 2. The van der Waals surface area contributed by atoms with Crippen LogP contribution in [0.1, 0.15) is 25.0 Å². The van der Waals surface area contributed by atoms with Crippen molar-refractivity contribution in [1.29, 1.82) is 0 Å². The van der Waals surface area contributed by atoms with Crippen LogP contribution in [0.2, 0.25) is 0 Å². The molecular formula is C53H40N2. The molecule has 0 heterocycles. The maximum absolute atomic E-state index is 2.43. The molecule has 0 atom stereocenters. The monoisotopic (exact) mass is 704 g/mol. The van der Waals surface area contributed by atoms with E-state index in [1.165, 1.54) is 54.9 Å². The molecule has 0 N–H and O–H groups in total. The zero-order valence-corrected chi connectivity index (χ0v) is 31.0. The Morgan fingerprint density at radius 2 is 0.855 bits per heavy atom. The first kappa shape index (κ1) is 32.7. The Kier molecular flexibility index (Phi) is 7.85. The van der Waals surface area contributed by atoms with Crippen molar-refractivity contribution in [2.24, 2.45) is 0 Å². The summed E-state index contributed by atoms with van der Waals surface area (Å²) in [6, 6.07) is 75.0. The number of rotatable bonds is 7. The van der Waals surface area contributed by atoms with E-state index in [9.17, 15) is 0 Å². The molecule has 1 aliphatic carbocycles. The third kappa shape index (κ3) is 5.57. The average Bonchev–Trinajstić information content (AvgIpc) is 3.47. The second-order valence-corrected chi connectivity index (χ2v) is 15.0. The zero-order valence-electron chi connectivity index (χ0n) is 31.0. The Balaban J connectivity index is 1.07. The largest absolute Gasteiger partial charge is 0.310 e. The highest BCUT2D eigenvalue weighted by molar-refractivity contribution is 6.06. The summed E-state index contributed by atoms with van der Waals surface area (Å²) in [4.78, 5) is 4.77. The van der Waals surface area contributed by atoms with E-state index in [2.05, 4.69) is 230 Å². The van der Waals surface area contributed by atoms with Gasteiger partial charge in [-0.1, -0.05) is 153 Å². The van der Waals surface area contributed by atoms with E-state index in [1.807, 2.05) is 0 Å². The van der Waals surface area contributed by atoms with E-state index in [1.54, 1.807) is 0 Å². The van der Waals surface area contributed by atoms with Crippen molar-refractivity contribution in [3.05, 3.63) is 217 Å². The Bertz CT molecular complexity index is 2840. The van der Waals surface area contributed by atoms with Crippen molar-refractivity contribution < 1.29 is 0 Å². The molecule has 0 saturated heterocycles. The highest BCUT2D eigenvalue weighted by Gasteiger charge is 2.35. The lowest BCUT2D eigenvalue weighted by Gasteiger charge is -2.29. The molecule has 10 rings (SSSR count). The van der Waals surface area contributed by atoms with Crippen molar-refractivity contribution in [1.82, 2.24) is 0 Å². The van der Waals surface area contributed by atoms with Crippen LogP contribution in [0, 0.1) is 0 Å². The third-order valence-corrected chi connectivity index (χ3v) is 11.4. The van der Waals surface area contributed by atoms with Crippen LogP contribution in [0.4, 0.5) is 34.1 Å². The van der Waals surface area contributed by atoms with Gasteiger partial charge in [0.05, 0.1) is 5.69 Å². The molecule has 0 bridgehead atoms. The van der Waals surface area contributed by atoms with Crippen molar-refractivity contribution in [2.75, 3.05) is 9.80 Å². The number of fused-ring (bicyclic) bond motifs is 5. The van der Waals surface area contributed by atoms with Gasteiger partial charge in [-0.2, -0.15) is 0 Å². The van der Waals surface area contributed by atoms with Gasteiger partial charge in [-0.05, 0) is 116 Å². The van der Waals surface area contributed by atoms with Gasteiger partial charge in [0.25, 0.3) is 0 Å². The predicted octanol–water partition coefficient (Wildman–Crippen LogP) is 14.9. The number of anilines is 6. The Morgan fingerprint density at radius 1 is 0.327 bits per heavy atom. The van der Waals surface area contributed by atoms with Crippen LogP contribution >= 0.6 is 0 Å². The first-order valence-electron chi connectivity index (χ1n) is 19.1. The molecule has 55 heavy (non-hydrogen) atoms. The summed E-state index contributed by atoms with van der Waals surface area (Å²) in [5.74, 6) is 0. The van der Waals surface area contributed by atoms with Crippen LogP contribution in [0.15, 0.2) is 206 Å². The number of hydrogen-bond acceptors (Lipinski definition) is 2. The van der Waals surface area contributed by atoms with Gasteiger partial charge < -0.3 is 9.80 Å². The molecule has 0 aliphatic heterocycles. The van der Waals surface area contributed by atoms with E-state index in [0.29, 0.717) is 0 Å². The minimum absolute atomic E-state index is 0.0905. The highest BCUT2D eigenvalue weighted by atomic mass is 15.1. The van der Waals surface area contributed by atoms with Crippen LogP contribution in [0.3, 0.4) is 0 Å². The number of benzene rings is 9. The van der Waals surface area contributed by atoms with Crippen molar-refractivity contribution in [2.45, 2.75) is 19.3 Å². The predicted molar refractivity (Wildman–Crippen MR) is 234 cm³/mol. The molecule has 9 aromatic rings. The van der Waals surface area contributed by atoms with Crippen LogP contribution in [-0.2, 0) is 5.41 Å². The lowest BCUT2D eigenvalue weighted by Crippen LogP contribution is -2.16. The fourth-order valence-electron chi connectivity index (χ4n) is 8.70. The Morgan fingerprint density at radius 3 is 1.62 bits per heavy atom. The molecule has 0 aromatic heterocycles. The van der Waals surface area contributed by atoms with E-state index >= 15 is 0 Å². The lowest BCUT2D eigenvalue weighted by molar-refractivity contribution is 0.660. The molecule has 0 fully saturated rings. The third-order valence-electron chi connectivity index (χ3n) is 11.4. The molecule has 262 valence electrons. The molecule has 2 heteroatoms. The van der Waals surface area contributed by atoms with Gasteiger partial charge in [-0.15, -0.1) is 0 Å². The molecule has 0 unspecified atom stereocenters. The molecule has 0 saturated carbocycles. The maximum Gasteiger partial charge on any atom is 0.0540 e. The molecule has 2 nitrogen and oxygen atoms in total. The summed E-state index contributed by atoms with van der Waals surface area (Å²) < 4.78 is 0.